The highest BCUT2D eigenvalue weighted by atomic mass is 16.5. The Bertz CT molecular complexity index is 1170. The lowest BCUT2D eigenvalue weighted by Gasteiger charge is -2.25. The molecule has 2 atom stereocenters. The summed E-state index contributed by atoms with van der Waals surface area (Å²) in [5.74, 6) is -0.505. The molecule has 4 rings (SSSR count). The lowest BCUT2D eigenvalue weighted by Crippen LogP contribution is -2.29. The molecule has 2 heterocycles. The number of carbonyl (C=O) groups excluding carboxylic acids is 2. The average molecular weight is 421 g/mol. The van der Waals surface area contributed by atoms with Gasteiger partial charge in [-0.15, -0.1) is 0 Å². The van der Waals surface area contributed by atoms with E-state index in [2.05, 4.69) is 0 Å². The summed E-state index contributed by atoms with van der Waals surface area (Å²) in [5, 5.41) is 0.662. The van der Waals surface area contributed by atoms with E-state index in [0.717, 1.165) is 5.56 Å². The van der Waals surface area contributed by atoms with Crippen molar-refractivity contribution >= 4 is 22.8 Å². The van der Waals surface area contributed by atoms with Gasteiger partial charge < -0.3 is 18.8 Å². The van der Waals surface area contributed by atoms with Crippen LogP contribution < -0.4 is 10.4 Å². The molecule has 0 unspecified atom stereocenters. The molecule has 0 saturated carbocycles. The summed E-state index contributed by atoms with van der Waals surface area (Å²) in [6.45, 7) is 2.18. The van der Waals surface area contributed by atoms with Crippen molar-refractivity contribution in [3.8, 4) is 5.75 Å². The van der Waals surface area contributed by atoms with Gasteiger partial charge in [0.1, 0.15) is 17.9 Å². The number of hydrogen-bond acceptors (Lipinski definition) is 6. The van der Waals surface area contributed by atoms with Crippen LogP contribution in [0.4, 0.5) is 0 Å². The molecule has 0 bridgehead atoms. The summed E-state index contributed by atoms with van der Waals surface area (Å²) in [6, 6.07) is 16.0. The second kappa shape index (κ2) is 8.63. The van der Waals surface area contributed by atoms with Crippen LogP contribution >= 0.6 is 0 Å². The first-order valence-corrected chi connectivity index (χ1v) is 10.1. The maximum atomic E-state index is 12.7. The van der Waals surface area contributed by atoms with E-state index in [1.54, 1.807) is 23.1 Å². The molecule has 1 fully saturated rings. The van der Waals surface area contributed by atoms with E-state index in [4.69, 9.17) is 13.9 Å². The number of amides is 1. The Hall–Kier alpha value is -3.61. The van der Waals surface area contributed by atoms with Gasteiger partial charge in [0.05, 0.1) is 19.1 Å². The van der Waals surface area contributed by atoms with Gasteiger partial charge in [0, 0.05) is 36.0 Å². The number of likely N-dealkylation sites (tertiary alicyclic amines) is 1. The van der Waals surface area contributed by atoms with E-state index in [-0.39, 0.29) is 25.0 Å². The smallest absolute Gasteiger partial charge is 0.336 e. The first-order chi connectivity index (χ1) is 15.0. The highest BCUT2D eigenvalue weighted by molar-refractivity contribution is 5.87. The molecule has 2 aromatic carbocycles. The van der Waals surface area contributed by atoms with E-state index in [1.165, 1.54) is 13.2 Å². The van der Waals surface area contributed by atoms with E-state index < -0.39 is 17.5 Å². The number of rotatable bonds is 6. The largest absolute Gasteiger partial charge is 0.497 e. The number of hydrogen-bond donors (Lipinski definition) is 0. The molecule has 0 aliphatic carbocycles. The highest BCUT2D eigenvalue weighted by Gasteiger charge is 2.38. The van der Waals surface area contributed by atoms with Crippen molar-refractivity contribution in [1.82, 2.24) is 4.90 Å². The molecule has 31 heavy (non-hydrogen) atoms. The maximum Gasteiger partial charge on any atom is 0.336 e. The molecule has 0 spiro atoms. The third-order valence-electron chi connectivity index (χ3n) is 5.65. The number of benzene rings is 2. The fourth-order valence-electron chi connectivity index (χ4n) is 3.90. The number of fused-ring (bicyclic) bond motifs is 1. The molecule has 0 radical (unpaired) electrons. The Morgan fingerprint density at radius 3 is 2.68 bits per heavy atom. The Kier molecular flexibility index (Phi) is 5.75. The predicted octanol–water partition coefficient (Wildman–Crippen LogP) is 3.45. The fourth-order valence-corrected chi connectivity index (χ4v) is 3.90. The number of ether oxygens (including phenoxy) is 2. The zero-order valence-electron chi connectivity index (χ0n) is 17.4. The summed E-state index contributed by atoms with van der Waals surface area (Å²) in [6.07, 6.45) is 0.116. The van der Waals surface area contributed by atoms with Crippen molar-refractivity contribution in [2.24, 2.45) is 5.92 Å². The Morgan fingerprint density at radius 2 is 1.94 bits per heavy atom. The topological polar surface area (TPSA) is 86.0 Å². The second-order valence-corrected chi connectivity index (χ2v) is 7.59. The van der Waals surface area contributed by atoms with Crippen LogP contribution in [0.15, 0.2) is 63.8 Å². The van der Waals surface area contributed by atoms with Crippen LogP contribution in [0.25, 0.3) is 11.0 Å². The molecule has 0 N–H and O–H groups in total. The van der Waals surface area contributed by atoms with E-state index >= 15 is 0 Å². The van der Waals surface area contributed by atoms with Crippen LogP contribution in [-0.4, -0.2) is 30.4 Å². The van der Waals surface area contributed by atoms with Crippen molar-refractivity contribution in [3.05, 3.63) is 76.1 Å². The minimum Gasteiger partial charge on any atom is -0.497 e. The third kappa shape index (κ3) is 4.30. The van der Waals surface area contributed by atoms with Gasteiger partial charge >= 0.3 is 11.6 Å². The summed E-state index contributed by atoms with van der Waals surface area (Å²) in [4.78, 5) is 38.8. The van der Waals surface area contributed by atoms with Crippen LogP contribution in [0.3, 0.4) is 0 Å². The van der Waals surface area contributed by atoms with Crippen molar-refractivity contribution in [2.45, 2.75) is 26.0 Å². The van der Waals surface area contributed by atoms with Gasteiger partial charge in [-0.25, -0.2) is 4.79 Å². The second-order valence-electron chi connectivity index (χ2n) is 7.59. The summed E-state index contributed by atoms with van der Waals surface area (Å²) in [7, 11) is 1.52. The molecule has 1 aromatic heterocycles. The Morgan fingerprint density at radius 1 is 1.16 bits per heavy atom. The molecule has 1 amide bonds. The van der Waals surface area contributed by atoms with Gasteiger partial charge in [0.25, 0.3) is 0 Å². The van der Waals surface area contributed by atoms with E-state index in [9.17, 15) is 14.4 Å². The van der Waals surface area contributed by atoms with Crippen LogP contribution in [0, 0.1) is 5.92 Å². The van der Waals surface area contributed by atoms with Crippen LogP contribution in [0.5, 0.6) is 5.75 Å². The normalized spacial score (nSPS) is 17.0. The number of carbonyl (C=O) groups is 2. The third-order valence-corrected chi connectivity index (χ3v) is 5.65. The molecule has 3 aromatic rings. The average Bonchev–Trinajstić information content (AvgIpc) is 3.18. The molecule has 7 heteroatoms. The summed E-state index contributed by atoms with van der Waals surface area (Å²) in [5.41, 5.74) is 1.38. The predicted molar refractivity (Wildman–Crippen MR) is 114 cm³/mol. The monoisotopic (exact) mass is 421 g/mol. The molecular weight excluding hydrogens is 398 g/mol. The number of methoxy groups -OCH3 is 1. The van der Waals surface area contributed by atoms with Gasteiger partial charge in [0.15, 0.2) is 0 Å². The van der Waals surface area contributed by atoms with Crippen molar-refractivity contribution in [1.29, 1.82) is 0 Å². The Labute approximate surface area is 179 Å². The standard InChI is InChI=1S/C24H23NO6/c1-15(16-6-4-3-5-7-16)25-13-17(10-22(25)26)24(28)30-14-18-11-23(27)31-21-12-19(29-2)8-9-20(18)21/h3-9,11-12,15,17H,10,13-14H2,1-2H3/t15-,17-/m0/s1. The molecule has 1 saturated heterocycles. The summed E-state index contributed by atoms with van der Waals surface area (Å²) < 4.78 is 15.9. The lowest BCUT2D eigenvalue weighted by atomic mass is 10.1. The molecular formula is C24H23NO6. The van der Waals surface area contributed by atoms with Crippen molar-refractivity contribution < 1.29 is 23.5 Å². The minimum atomic E-state index is -0.537. The number of nitrogens with zero attached hydrogens (tertiary/aromatic N) is 1. The van der Waals surface area contributed by atoms with Crippen LogP contribution in [0.2, 0.25) is 0 Å². The highest BCUT2D eigenvalue weighted by Crippen LogP contribution is 2.29. The van der Waals surface area contributed by atoms with Gasteiger partial charge in [-0.1, -0.05) is 30.3 Å². The molecule has 160 valence electrons. The first kappa shape index (κ1) is 20.7. The zero-order valence-corrected chi connectivity index (χ0v) is 17.4. The maximum absolute atomic E-state index is 12.7. The van der Waals surface area contributed by atoms with Crippen LogP contribution in [-0.2, 0) is 20.9 Å². The number of esters is 1. The van der Waals surface area contributed by atoms with E-state index in [1.807, 2.05) is 37.3 Å². The molecule has 7 nitrogen and oxygen atoms in total. The first-order valence-electron chi connectivity index (χ1n) is 10.1. The van der Waals surface area contributed by atoms with Gasteiger partial charge in [-0.2, -0.15) is 0 Å². The quantitative estimate of drug-likeness (QED) is 0.448. The minimum absolute atomic E-state index is 0.0730. The SMILES string of the molecule is COc1ccc2c(COC(=O)[C@H]3CC(=O)N([C@@H](C)c4ccccc4)C3)cc(=O)oc2c1. The van der Waals surface area contributed by atoms with Gasteiger partial charge in [-0.3, -0.25) is 9.59 Å². The summed E-state index contributed by atoms with van der Waals surface area (Å²) >= 11 is 0. The lowest BCUT2D eigenvalue weighted by molar-refractivity contribution is -0.149. The zero-order chi connectivity index (χ0) is 22.0. The fraction of sp³-hybridized carbons (Fsp3) is 0.292. The molecule has 1 aliphatic rings. The molecule has 1 aliphatic heterocycles. The van der Waals surface area contributed by atoms with Crippen molar-refractivity contribution in [3.63, 3.8) is 0 Å². The van der Waals surface area contributed by atoms with E-state index in [0.29, 0.717) is 28.8 Å². The van der Waals surface area contributed by atoms with Gasteiger partial charge in [-0.05, 0) is 24.6 Å². The van der Waals surface area contributed by atoms with Crippen LogP contribution in [0.1, 0.15) is 30.5 Å². The Balaban J connectivity index is 1.45. The van der Waals surface area contributed by atoms with Crippen molar-refractivity contribution in [2.75, 3.05) is 13.7 Å². The van der Waals surface area contributed by atoms with Gasteiger partial charge in [0.2, 0.25) is 5.91 Å².